The van der Waals surface area contributed by atoms with E-state index < -0.39 is 30.2 Å². The molecule has 0 spiro atoms. The number of nitrogens with zero attached hydrogens (tertiary/aromatic N) is 4. The smallest absolute Gasteiger partial charge is 0.407 e. The summed E-state index contributed by atoms with van der Waals surface area (Å²) in [4.78, 5) is 72.6. The lowest BCUT2D eigenvalue weighted by atomic mass is 9.92. The molecule has 16 heteroatoms. The number of methoxy groups -OCH3 is 3. The summed E-state index contributed by atoms with van der Waals surface area (Å²) < 4.78 is 21.4. The van der Waals surface area contributed by atoms with Crippen LogP contribution in [0.4, 0.5) is 9.59 Å². The van der Waals surface area contributed by atoms with E-state index in [0.29, 0.717) is 37.8 Å². The molecule has 4 N–H and O–H groups in total. The monoisotopic (exact) mass is 880 g/mol. The molecule has 0 aliphatic carbocycles. The summed E-state index contributed by atoms with van der Waals surface area (Å²) in [5.74, 6) is 1.18. The fourth-order valence-electron chi connectivity index (χ4n) is 8.52. The van der Waals surface area contributed by atoms with E-state index in [0.717, 1.165) is 61.9 Å². The van der Waals surface area contributed by atoms with Gasteiger partial charge in [0, 0.05) is 37.2 Å². The summed E-state index contributed by atoms with van der Waals surface area (Å²) in [6, 6.07) is 12.9. The molecule has 6 rings (SSSR count). The molecule has 3 aromatic carbocycles. The van der Waals surface area contributed by atoms with Crippen molar-refractivity contribution in [1.29, 1.82) is 0 Å². The number of H-pyrrole nitrogens is 2. The first-order chi connectivity index (χ1) is 30.6. The number of nitrogens with one attached hydrogen (secondary N) is 4. The zero-order valence-electron chi connectivity index (χ0n) is 39.0. The molecule has 0 saturated carbocycles. The third kappa shape index (κ3) is 9.96. The first-order valence-electron chi connectivity index (χ1n) is 22.2. The van der Waals surface area contributed by atoms with Gasteiger partial charge in [-0.2, -0.15) is 0 Å². The first-order valence-corrected chi connectivity index (χ1v) is 22.2. The number of rotatable bonds is 18. The number of hydrogen-bond acceptors (Lipinski definition) is 10. The predicted molar refractivity (Wildman–Crippen MR) is 245 cm³/mol. The Labute approximate surface area is 375 Å². The third-order valence-electron chi connectivity index (χ3n) is 12.4. The molecule has 0 unspecified atom stereocenters. The van der Waals surface area contributed by atoms with E-state index in [-0.39, 0.29) is 42.3 Å². The molecule has 1 aliphatic rings. The summed E-state index contributed by atoms with van der Waals surface area (Å²) in [5.41, 5.74) is 6.42. The highest BCUT2D eigenvalue weighted by atomic mass is 16.5. The predicted octanol–water partition coefficient (Wildman–Crippen LogP) is 8.29. The van der Waals surface area contributed by atoms with Gasteiger partial charge >= 0.3 is 12.2 Å². The molecule has 0 bridgehead atoms. The molecule has 1 aliphatic heterocycles. The molecule has 344 valence electrons. The highest BCUT2D eigenvalue weighted by Crippen LogP contribution is 2.43. The number of hydrogen-bond donors (Lipinski definition) is 4. The van der Waals surface area contributed by atoms with E-state index in [1.54, 1.807) is 18.2 Å². The van der Waals surface area contributed by atoms with Gasteiger partial charge in [-0.05, 0) is 91.8 Å². The number of aromatic nitrogens is 4. The van der Waals surface area contributed by atoms with Crippen LogP contribution in [0.3, 0.4) is 0 Å². The molecule has 16 nitrogen and oxygen atoms in total. The number of alkyl carbamates (subject to hydrolysis) is 2. The minimum Gasteiger partial charge on any atom is -0.488 e. The van der Waals surface area contributed by atoms with E-state index in [4.69, 9.17) is 28.9 Å². The summed E-state index contributed by atoms with van der Waals surface area (Å²) in [6.45, 7) is 17.1. The molecule has 64 heavy (non-hydrogen) atoms. The summed E-state index contributed by atoms with van der Waals surface area (Å²) in [6.07, 6.45) is 1.86. The quantitative estimate of drug-likeness (QED) is 0.0666. The Kier molecular flexibility index (Phi) is 15.2. The molecule has 0 saturated heterocycles. The number of amides is 4. The SMILES string of the molecule is CC[C@H](CNC(=O)OC)C(=O)N([C@@H](C)CC)[C@@H](C)c1nc2c(ccc3cc4c(cc32)OCc2cc(-c3cnc([C@H](C)N(C[C@H](C)COC)C(=O)[C@@H](NC(=O)OC)C(C)C)[nH]3)ccc2-4)[nH]1. The third-order valence-corrected chi connectivity index (χ3v) is 12.4. The Balaban J connectivity index is 1.26. The molecule has 0 radical (unpaired) electrons. The van der Waals surface area contributed by atoms with Crippen molar-refractivity contribution in [3.05, 3.63) is 65.9 Å². The topological polar surface area (TPSA) is 193 Å². The second-order valence-electron chi connectivity index (χ2n) is 17.2. The minimum atomic E-state index is -0.794. The van der Waals surface area contributed by atoms with Crippen LogP contribution in [-0.4, -0.2) is 107 Å². The summed E-state index contributed by atoms with van der Waals surface area (Å²) >= 11 is 0. The van der Waals surface area contributed by atoms with Gasteiger partial charge < -0.3 is 49.3 Å². The highest BCUT2D eigenvalue weighted by Gasteiger charge is 2.35. The maximum absolute atomic E-state index is 14.1. The van der Waals surface area contributed by atoms with Gasteiger partial charge in [0.15, 0.2) is 0 Å². The summed E-state index contributed by atoms with van der Waals surface area (Å²) in [5, 5.41) is 7.35. The van der Waals surface area contributed by atoms with Gasteiger partial charge in [-0.15, -0.1) is 0 Å². The summed E-state index contributed by atoms with van der Waals surface area (Å²) in [7, 11) is 4.22. The van der Waals surface area contributed by atoms with Gasteiger partial charge in [-0.1, -0.05) is 52.8 Å². The van der Waals surface area contributed by atoms with Crippen LogP contribution in [0.1, 0.15) is 97.5 Å². The molecular formula is C48H64N8O8. The Morgan fingerprint density at radius 3 is 2.27 bits per heavy atom. The maximum Gasteiger partial charge on any atom is 0.407 e. The average molecular weight is 881 g/mol. The van der Waals surface area contributed by atoms with Crippen LogP contribution < -0.4 is 15.4 Å². The Morgan fingerprint density at radius 1 is 0.844 bits per heavy atom. The van der Waals surface area contributed by atoms with Crippen LogP contribution in [-0.2, 0) is 30.4 Å². The van der Waals surface area contributed by atoms with Gasteiger partial charge in [0.05, 0.1) is 61.8 Å². The van der Waals surface area contributed by atoms with Gasteiger partial charge in [0.25, 0.3) is 0 Å². The lowest BCUT2D eigenvalue weighted by Crippen LogP contribution is -2.53. The maximum atomic E-state index is 14.1. The molecule has 3 heterocycles. The number of carbonyl (C=O) groups is 4. The molecular weight excluding hydrogens is 817 g/mol. The number of aromatic amines is 2. The average Bonchev–Trinajstić information content (AvgIpc) is 3.98. The second kappa shape index (κ2) is 20.6. The highest BCUT2D eigenvalue weighted by molar-refractivity contribution is 6.07. The number of fused-ring (bicyclic) bond motifs is 6. The number of benzene rings is 3. The van der Waals surface area contributed by atoms with Crippen molar-refractivity contribution in [2.75, 3.05) is 41.0 Å². The van der Waals surface area contributed by atoms with Crippen molar-refractivity contribution in [3.63, 3.8) is 0 Å². The van der Waals surface area contributed by atoms with Crippen molar-refractivity contribution in [1.82, 2.24) is 40.4 Å². The van der Waals surface area contributed by atoms with Crippen molar-refractivity contribution < 1.29 is 38.1 Å². The van der Waals surface area contributed by atoms with E-state index in [9.17, 15) is 19.2 Å². The van der Waals surface area contributed by atoms with Gasteiger partial charge in [0.2, 0.25) is 11.8 Å². The van der Waals surface area contributed by atoms with E-state index in [1.165, 1.54) is 14.2 Å². The molecule has 0 fully saturated rings. The molecule has 6 atom stereocenters. The Morgan fingerprint density at radius 2 is 1.59 bits per heavy atom. The fourth-order valence-corrected chi connectivity index (χ4v) is 8.52. The first kappa shape index (κ1) is 47.3. The number of carbonyl (C=O) groups excluding carboxylic acids is 4. The fraction of sp³-hybridized carbons (Fsp3) is 0.500. The zero-order valence-corrected chi connectivity index (χ0v) is 39.0. The van der Waals surface area contributed by atoms with Crippen LogP contribution in [0.25, 0.3) is 44.2 Å². The molecule has 2 aromatic heterocycles. The zero-order chi connectivity index (χ0) is 46.4. The van der Waals surface area contributed by atoms with Crippen LogP contribution in [0.2, 0.25) is 0 Å². The largest absolute Gasteiger partial charge is 0.488 e. The van der Waals surface area contributed by atoms with E-state index in [1.807, 2.05) is 59.4 Å². The van der Waals surface area contributed by atoms with Crippen LogP contribution in [0, 0.1) is 17.8 Å². The number of ether oxygens (including phenoxy) is 4. The van der Waals surface area contributed by atoms with Crippen molar-refractivity contribution in [3.8, 4) is 28.1 Å². The van der Waals surface area contributed by atoms with Gasteiger partial charge in [0.1, 0.15) is 30.0 Å². The van der Waals surface area contributed by atoms with Crippen molar-refractivity contribution >= 4 is 45.8 Å². The van der Waals surface area contributed by atoms with E-state index in [2.05, 4.69) is 63.9 Å². The Bertz CT molecular complexity index is 2460. The van der Waals surface area contributed by atoms with Crippen molar-refractivity contribution in [2.45, 2.75) is 99.0 Å². The van der Waals surface area contributed by atoms with Gasteiger partial charge in [-0.3, -0.25) is 9.59 Å². The number of imidazole rings is 2. The molecule has 4 amide bonds. The van der Waals surface area contributed by atoms with E-state index >= 15 is 0 Å². The van der Waals surface area contributed by atoms with Crippen LogP contribution >= 0.6 is 0 Å². The minimum absolute atomic E-state index is 0.0235. The van der Waals surface area contributed by atoms with Crippen molar-refractivity contribution in [2.24, 2.45) is 17.8 Å². The second-order valence-corrected chi connectivity index (χ2v) is 17.2. The standard InChI is InChI=1S/C48H64N8O8/c1-12-28(6)56(45(57)31(13-2)21-50-47(59)62-10)30(8)44-51-38-17-15-32-19-37-35-16-14-33(18-34(35)25-64-40(37)20-36(32)42(38)53-44)39-22-49-43(52-39)29(7)55(23-27(5)24-61-9)46(58)41(26(3)4)54-48(60)63-11/h14-20,22,26-31,41H,12-13,21,23-25H2,1-11H3,(H,49,52)(H,50,59)(H,51,53)(H,54,60)/t27-,28-,29-,30-,31+,41-/m0/s1. The lowest BCUT2D eigenvalue weighted by Gasteiger charge is -2.36. The Hall–Kier alpha value is -6.16. The lowest BCUT2D eigenvalue weighted by molar-refractivity contribution is -0.140. The normalized spacial score (nSPS) is 14.9. The van der Waals surface area contributed by atoms with Gasteiger partial charge in [-0.25, -0.2) is 19.6 Å². The molecule has 5 aromatic rings. The van der Waals surface area contributed by atoms with Crippen LogP contribution in [0.5, 0.6) is 5.75 Å². The van der Waals surface area contributed by atoms with Crippen LogP contribution in [0.15, 0.2) is 48.7 Å².